The van der Waals surface area contributed by atoms with Crippen molar-refractivity contribution in [2.75, 3.05) is 39.2 Å². The fraction of sp³-hybridized carbons (Fsp3) is 0.933. The number of sulfone groups is 1. The van der Waals surface area contributed by atoms with Crippen LogP contribution in [0.1, 0.15) is 39.0 Å². The molecule has 0 aromatic rings. The van der Waals surface area contributed by atoms with Crippen molar-refractivity contribution in [3.63, 3.8) is 0 Å². The van der Waals surface area contributed by atoms with Gasteiger partial charge in [-0.1, -0.05) is 19.8 Å². The normalized spacial score (nSPS) is 22.8. The first-order chi connectivity index (χ1) is 9.81. The van der Waals surface area contributed by atoms with Gasteiger partial charge in [-0.05, 0) is 31.1 Å². The summed E-state index contributed by atoms with van der Waals surface area (Å²) in [4.78, 5) is 6.45. The van der Waals surface area contributed by atoms with Crippen molar-refractivity contribution in [1.29, 1.82) is 0 Å². The minimum atomic E-state index is -2.87. The van der Waals surface area contributed by atoms with E-state index < -0.39 is 9.84 Å². The maximum Gasteiger partial charge on any atom is 0.193 e. The molecule has 0 aromatic carbocycles. The number of halogens is 1. The van der Waals surface area contributed by atoms with Gasteiger partial charge in [0.25, 0.3) is 0 Å². The average Bonchev–Trinajstić information content (AvgIpc) is 2.40. The van der Waals surface area contributed by atoms with E-state index in [0.717, 1.165) is 24.3 Å². The molecule has 0 amide bonds. The maximum absolute atomic E-state index is 11.1. The molecular formula is C15H32IN3O2S. The summed E-state index contributed by atoms with van der Waals surface area (Å²) in [6, 6.07) is 0. The number of hydrogen-bond acceptors (Lipinski definition) is 3. The van der Waals surface area contributed by atoms with Gasteiger partial charge in [-0.15, -0.1) is 24.0 Å². The Hall–Kier alpha value is -0.0500. The van der Waals surface area contributed by atoms with Crippen LogP contribution >= 0.6 is 24.0 Å². The molecule has 1 aliphatic carbocycles. The standard InChI is InChI=1S/C15H31N3O2S.HI/c1-13-6-8-14(9-7-13)12-18(3)15(16-2)17-10-5-11-21(4,19)20;/h13-14H,5-12H2,1-4H3,(H,16,17);1H. The van der Waals surface area contributed by atoms with Gasteiger partial charge in [0.15, 0.2) is 5.96 Å². The first-order valence-corrected chi connectivity index (χ1v) is 9.97. The Kier molecular flexibility index (Phi) is 10.6. The summed E-state index contributed by atoms with van der Waals surface area (Å²) in [5.74, 6) is 2.71. The quantitative estimate of drug-likeness (QED) is 0.295. The second kappa shape index (κ2) is 10.7. The molecule has 0 spiro atoms. The zero-order valence-electron chi connectivity index (χ0n) is 14.3. The van der Waals surface area contributed by atoms with Gasteiger partial charge in [0, 0.05) is 33.4 Å². The van der Waals surface area contributed by atoms with Crippen LogP contribution < -0.4 is 5.32 Å². The molecule has 22 heavy (non-hydrogen) atoms. The molecule has 0 radical (unpaired) electrons. The summed E-state index contributed by atoms with van der Waals surface area (Å²) in [5.41, 5.74) is 0. The Balaban J connectivity index is 0.00000441. The van der Waals surface area contributed by atoms with E-state index in [2.05, 4.69) is 29.2 Å². The minimum Gasteiger partial charge on any atom is -0.356 e. The van der Waals surface area contributed by atoms with Gasteiger partial charge in [-0.3, -0.25) is 4.99 Å². The van der Waals surface area contributed by atoms with Crippen molar-refractivity contribution in [3.8, 4) is 0 Å². The van der Waals surface area contributed by atoms with Gasteiger partial charge in [-0.25, -0.2) is 8.42 Å². The summed E-state index contributed by atoms with van der Waals surface area (Å²) in [7, 11) is 0.965. The molecule has 0 aromatic heterocycles. The Labute approximate surface area is 153 Å². The van der Waals surface area contributed by atoms with Crippen LogP contribution in [0.15, 0.2) is 4.99 Å². The zero-order valence-corrected chi connectivity index (χ0v) is 17.5. The smallest absolute Gasteiger partial charge is 0.193 e. The van der Waals surface area contributed by atoms with Gasteiger partial charge in [0.2, 0.25) is 0 Å². The van der Waals surface area contributed by atoms with Crippen LogP contribution in [0.4, 0.5) is 0 Å². The molecular weight excluding hydrogens is 413 g/mol. The lowest BCUT2D eigenvalue weighted by Crippen LogP contribution is -2.42. The lowest BCUT2D eigenvalue weighted by Gasteiger charge is -2.31. The predicted molar refractivity (Wildman–Crippen MR) is 105 cm³/mol. The van der Waals surface area contributed by atoms with Gasteiger partial charge in [-0.2, -0.15) is 0 Å². The van der Waals surface area contributed by atoms with E-state index >= 15 is 0 Å². The molecule has 0 bridgehead atoms. The predicted octanol–water partition coefficient (Wildman–Crippen LogP) is 2.37. The first-order valence-electron chi connectivity index (χ1n) is 7.91. The van der Waals surface area contributed by atoms with E-state index in [4.69, 9.17) is 0 Å². The zero-order chi connectivity index (χ0) is 15.9. The summed E-state index contributed by atoms with van der Waals surface area (Å²) in [5, 5.41) is 3.25. The first kappa shape index (κ1) is 21.9. The summed E-state index contributed by atoms with van der Waals surface area (Å²) in [6.45, 7) is 4.01. The van der Waals surface area contributed by atoms with Crippen molar-refractivity contribution < 1.29 is 8.42 Å². The van der Waals surface area contributed by atoms with E-state index in [0.29, 0.717) is 13.0 Å². The van der Waals surface area contributed by atoms with E-state index in [1.807, 2.05) is 0 Å². The van der Waals surface area contributed by atoms with Gasteiger partial charge in [0.1, 0.15) is 9.84 Å². The lowest BCUT2D eigenvalue weighted by atomic mass is 9.83. The summed E-state index contributed by atoms with van der Waals surface area (Å²) >= 11 is 0. The van der Waals surface area contributed by atoms with E-state index in [-0.39, 0.29) is 29.7 Å². The third-order valence-corrected chi connectivity index (χ3v) is 5.25. The highest BCUT2D eigenvalue weighted by atomic mass is 127. The number of guanidine groups is 1. The highest BCUT2D eigenvalue weighted by molar-refractivity contribution is 14.0. The monoisotopic (exact) mass is 445 g/mol. The molecule has 7 heteroatoms. The van der Waals surface area contributed by atoms with Crippen LogP contribution in [0.3, 0.4) is 0 Å². The Morgan fingerprint density at radius 3 is 2.36 bits per heavy atom. The van der Waals surface area contributed by atoms with Crippen molar-refractivity contribution in [2.24, 2.45) is 16.8 Å². The van der Waals surface area contributed by atoms with Crippen LogP contribution in [-0.2, 0) is 9.84 Å². The molecule has 132 valence electrons. The van der Waals surface area contributed by atoms with Crippen molar-refractivity contribution in [2.45, 2.75) is 39.0 Å². The van der Waals surface area contributed by atoms with Crippen molar-refractivity contribution in [1.82, 2.24) is 10.2 Å². The molecule has 5 nitrogen and oxygen atoms in total. The number of nitrogens with zero attached hydrogens (tertiary/aromatic N) is 2. The largest absolute Gasteiger partial charge is 0.356 e. The van der Waals surface area contributed by atoms with Gasteiger partial charge >= 0.3 is 0 Å². The van der Waals surface area contributed by atoms with Crippen LogP contribution in [0.5, 0.6) is 0 Å². The molecule has 1 saturated carbocycles. The summed E-state index contributed by atoms with van der Waals surface area (Å²) < 4.78 is 22.2. The van der Waals surface area contributed by atoms with E-state index in [1.165, 1.54) is 31.9 Å². The van der Waals surface area contributed by atoms with Crippen molar-refractivity contribution >= 4 is 39.8 Å². The van der Waals surface area contributed by atoms with Crippen LogP contribution in [0.2, 0.25) is 0 Å². The number of aliphatic imine (C=N–C) groups is 1. The number of hydrogen-bond donors (Lipinski definition) is 1. The summed E-state index contributed by atoms with van der Waals surface area (Å²) in [6.07, 6.45) is 7.16. The fourth-order valence-electron chi connectivity index (χ4n) is 2.90. The molecule has 0 saturated heterocycles. The van der Waals surface area contributed by atoms with Gasteiger partial charge < -0.3 is 10.2 Å². The van der Waals surface area contributed by atoms with Crippen LogP contribution in [0, 0.1) is 11.8 Å². The Bertz CT molecular complexity index is 432. The van der Waals surface area contributed by atoms with Gasteiger partial charge in [0.05, 0.1) is 5.75 Å². The third kappa shape index (κ3) is 9.17. The highest BCUT2D eigenvalue weighted by Gasteiger charge is 2.20. The molecule has 1 rings (SSSR count). The molecule has 0 heterocycles. The van der Waals surface area contributed by atoms with E-state index in [1.54, 1.807) is 7.05 Å². The second-order valence-corrected chi connectivity index (χ2v) is 8.72. The highest BCUT2D eigenvalue weighted by Crippen LogP contribution is 2.28. The molecule has 0 unspecified atom stereocenters. The SMILES string of the molecule is CN=C(NCCCS(C)(=O)=O)N(C)CC1CCC(C)CC1.I. The minimum absolute atomic E-state index is 0. The average molecular weight is 445 g/mol. The fourth-order valence-corrected chi connectivity index (χ4v) is 3.57. The topological polar surface area (TPSA) is 61.8 Å². The van der Waals surface area contributed by atoms with Crippen LogP contribution in [0.25, 0.3) is 0 Å². The molecule has 1 aliphatic rings. The Morgan fingerprint density at radius 2 is 1.86 bits per heavy atom. The van der Waals surface area contributed by atoms with Crippen LogP contribution in [-0.4, -0.2) is 58.5 Å². The van der Waals surface area contributed by atoms with Crippen molar-refractivity contribution in [3.05, 3.63) is 0 Å². The molecule has 1 N–H and O–H groups in total. The van der Waals surface area contributed by atoms with E-state index in [9.17, 15) is 8.42 Å². The molecule has 0 aliphatic heterocycles. The number of rotatable bonds is 6. The Morgan fingerprint density at radius 1 is 1.27 bits per heavy atom. The third-order valence-electron chi connectivity index (χ3n) is 4.22. The second-order valence-electron chi connectivity index (χ2n) is 6.46. The molecule has 1 fully saturated rings. The lowest BCUT2D eigenvalue weighted by molar-refractivity contribution is 0.250. The number of nitrogens with one attached hydrogen (secondary N) is 1. The maximum atomic E-state index is 11.1. The molecule has 0 atom stereocenters.